The minimum Gasteiger partial charge on any atom is -0.502 e. The third-order valence-corrected chi connectivity index (χ3v) is 8.65. The highest BCUT2D eigenvalue weighted by atomic mass is 16.7. The summed E-state index contributed by atoms with van der Waals surface area (Å²) in [6.45, 7) is 7.78. The monoisotopic (exact) mass is 546 g/mol. The van der Waals surface area contributed by atoms with Crippen LogP contribution in [0.4, 0.5) is 0 Å². The van der Waals surface area contributed by atoms with Gasteiger partial charge in [0.1, 0.15) is 5.76 Å². The van der Waals surface area contributed by atoms with Gasteiger partial charge in [0, 0.05) is 76.1 Å². The summed E-state index contributed by atoms with van der Waals surface area (Å²) in [4.78, 5) is 31.9. The quantitative estimate of drug-likeness (QED) is 0.499. The molecule has 0 saturated carbocycles. The zero-order valence-corrected chi connectivity index (χ0v) is 22.5. The lowest BCUT2D eigenvalue weighted by molar-refractivity contribution is 0.100. The van der Waals surface area contributed by atoms with Crippen LogP contribution in [0, 0.1) is 5.92 Å². The van der Waals surface area contributed by atoms with Gasteiger partial charge in [0.25, 0.3) is 5.56 Å². The van der Waals surface area contributed by atoms with Gasteiger partial charge in [0.05, 0.1) is 13.1 Å². The van der Waals surface area contributed by atoms with Gasteiger partial charge in [0.2, 0.25) is 18.0 Å². The molecule has 0 aliphatic carbocycles. The van der Waals surface area contributed by atoms with Gasteiger partial charge < -0.3 is 23.6 Å². The lowest BCUT2D eigenvalue weighted by Crippen LogP contribution is -2.46. The molecule has 40 heavy (non-hydrogen) atoms. The second-order valence-electron chi connectivity index (χ2n) is 11.5. The number of aromatic hydroxyl groups is 1. The normalized spacial score (nSPS) is 22.8. The second-order valence-corrected chi connectivity index (χ2v) is 11.5. The van der Waals surface area contributed by atoms with E-state index in [0.717, 1.165) is 76.0 Å². The van der Waals surface area contributed by atoms with E-state index in [9.17, 15) is 14.7 Å². The van der Waals surface area contributed by atoms with Gasteiger partial charge in [-0.2, -0.15) is 0 Å². The molecule has 2 fully saturated rings. The standard InChI is InChI=1S/C30H34N4O6/c35-25-12-23(17-33-14-21-10-22(16-33)24-2-1-3-29(36)34(24)15-21)40-28(30(25)37)18-32-8-6-31(7-9-32)13-20-4-5-26-27(11-20)39-19-38-26/h1-5,11-12,21-22,37H,6-10,13-19H2/t21-,22+/m0/s1. The molecule has 0 spiro atoms. The zero-order valence-electron chi connectivity index (χ0n) is 22.5. The number of rotatable bonds is 6. The molecule has 7 rings (SSSR count). The third-order valence-electron chi connectivity index (χ3n) is 8.65. The fraction of sp³-hybridized carbons (Fsp3) is 0.467. The van der Waals surface area contributed by atoms with E-state index in [-0.39, 0.29) is 18.1 Å². The predicted molar refractivity (Wildman–Crippen MR) is 147 cm³/mol. The van der Waals surface area contributed by atoms with Crippen LogP contribution < -0.4 is 20.5 Å². The summed E-state index contributed by atoms with van der Waals surface area (Å²) < 4.78 is 19.0. The molecule has 10 nitrogen and oxygen atoms in total. The number of aromatic nitrogens is 1. The Bertz CT molecular complexity index is 1530. The van der Waals surface area contributed by atoms with Crippen molar-refractivity contribution in [3.63, 3.8) is 0 Å². The van der Waals surface area contributed by atoms with Crippen LogP contribution in [-0.2, 0) is 26.2 Å². The molecule has 4 aliphatic rings. The zero-order chi connectivity index (χ0) is 27.2. The number of fused-ring (bicyclic) bond motifs is 5. The van der Waals surface area contributed by atoms with Crippen molar-refractivity contribution in [2.24, 2.45) is 5.92 Å². The molecule has 2 saturated heterocycles. The number of benzene rings is 1. The number of hydrogen-bond donors (Lipinski definition) is 1. The molecule has 2 bridgehead atoms. The van der Waals surface area contributed by atoms with E-state index in [1.54, 1.807) is 6.07 Å². The van der Waals surface area contributed by atoms with Gasteiger partial charge in [-0.25, -0.2) is 0 Å². The van der Waals surface area contributed by atoms with E-state index < -0.39 is 5.43 Å². The maximum atomic E-state index is 12.7. The average Bonchev–Trinajstić information content (AvgIpc) is 3.41. The minimum atomic E-state index is -0.396. The Morgan fingerprint density at radius 1 is 0.825 bits per heavy atom. The Hall–Kier alpha value is -3.60. The first kappa shape index (κ1) is 25.4. The topological polar surface area (TPSA) is 101 Å². The van der Waals surface area contributed by atoms with Crippen molar-refractivity contribution in [1.29, 1.82) is 0 Å². The first-order valence-corrected chi connectivity index (χ1v) is 14.1. The number of piperidine rings is 1. The van der Waals surface area contributed by atoms with Gasteiger partial charge in [-0.1, -0.05) is 12.1 Å². The Kier molecular flexibility index (Phi) is 6.61. The van der Waals surface area contributed by atoms with Crippen LogP contribution in [0.15, 0.2) is 56.5 Å². The third kappa shape index (κ3) is 5.02. The SMILES string of the molecule is O=c1cc(CN2C[C@@H]3C[C@H](C2)c2cccc(=O)n2C3)oc(CN2CCN(Cc3ccc4c(c3)OCO4)CC2)c1O. The Labute approximate surface area is 231 Å². The van der Waals surface area contributed by atoms with Crippen molar-refractivity contribution in [3.05, 3.63) is 85.8 Å². The number of likely N-dealkylation sites (tertiary alicyclic amines) is 1. The van der Waals surface area contributed by atoms with Crippen LogP contribution in [0.5, 0.6) is 17.2 Å². The highest BCUT2D eigenvalue weighted by Crippen LogP contribution is 2.36. The molecule has 10 heteroatoms. The second kappa shape index (κ2) is 10.4. The van der Waals surface area contributed by atoms with E-state index in [2.05, 4.69) is 26.8 Å². The molecule has 0 radical (unpaired) electrons. The molecular weight excluding hydrogens is 512 g/mol. The summed E-state index contributed by atoms with van der Waals surface area (Å²) in [6.07, 6.45) is 1.07. The highest BCUT2D eigenvalue weighted by molar-refractivity contribution is 5.44. The summed E-state index contributed by atoms with van der Waals surface area (Å²) in [5.74, 6) is 2.89. The molecule has 4 aliphatic heterocycles. The molecule has 0 unspecified atom stereocenters. The van der Waals surface area contributed by atoms with Crippen molar-refractivity contribution < 1.29 is 19.0 Å². The van der Waals surface area contributed by atoms with Crippen molar-refractivity contribution in [2.45, 2.75) is 38.5 Å². The molecule has 3 aromatic rings. The van der Waals surface area contributed by atoms with E-state index >= 15 is 0 Å². The van der Waals surface area contributed by atoms with Crippen molar-refractivity contribution in [1.82, 2.24) is 19.3 Å². The predicted octanol–water partition coefficient (Wildman–Crippen LogP) is 2.17. The number of piperazine rings is 1. The van der Waals surface area contributed by atoms with Crippen LogP contribution in [0.1, 0.15) is 35.1 Å². The molecule has 210 valence electrons. The van der Waals surface area contributed by atoms with Gasteiger partial charge in [-0.15, -0.1) is 0 Å². The van der Waals surface area contributed by atoms with E-state index in [0.29, 0.717) is 36.4 Å². The molecule has 0 amide bonds. The van der Waals surface area contributed by atoms with Crippen LogP contribution in [0.2, 0.25) is 0 Å². The lowest BCUT2D eigenvalue weighted by atomic mass is 9.83. The van der Waals surface area contributed by atoms with Gasteiger partial charge >= 0.3 is 0 Å². The molecule has 1 N–H and O–H groups in total. The summed E-state index contributed by atoms with van der Waals surface area (Å²) >= 11 is 0. The maximum absolute atomic E-state index is 12.7. The van der Waals surface area contributed by atoms with Crippen molar-refractivity contribution in [3.8, 4) is 17.2 Å². The Morgan fingerprint density at radius 3 is 2.48 bits per heavy atom. The summed E-state index contributed by atoms with van der Waals surface area (Å²) in [7, 11) is 0. The first-order chi connectivity index (χ1) is 19.5. The van der Waals surface area contributed by atoms with Crippen LogP contribution in [0.25, 0.3) is 0 Å². The van der Waals surface area contributed by atoms with E-state index in [4.69, 9.17) is 13.9 Å². The van der Waals surface area contributed by atoms with Crippen LogP contribution >= 0.6 is 0 Å². The first-order valence-electron chi connectivity index (χ1n) is 14.1. The molecule has 2 atom stereocenters. The molecule has 1 aromatic carbocycles. The summed E-state index contributed by atoms with van der Waals surface area (Å²) in [5, 5.41) is 10.5. The van der Waals surface area contributed by atoms with Gasteiger partial charge in [-0.3, -0.25) is 24.3 Å². The van der Waals surface area contributed by atoms with Crippen molar-refractivity contribution >= 4 is 0 Å². The Balaban J connectivity index is 0.979. The number of nitrogens with zero attached hydrogens (tertiary/aromatic N) is 4. The fourth-order valence-corrected chi connectivity index (χ4v) is 6.72. The number of hydrogen-bond acceptors (Lipinski definition) is 9. The number of pyridine rings is 1. The van der Waals surface area contributed by atoms with Gasteiger partial charge in [-0.05, 0) is 36.1 Å². The Morgan fingerprint density at radius 2 is 1.62 bits per heavy atom. The largest absolute Gasteiger partial charge is 0.502 e. The van der Waals surface area contributed by atoms with Crippen LogP contribution in [0.3, 0.4) is 0 Å². The lowest BCUT2D eigenvalue weighted by Gasteiger charge is -2.42. The fourth-order valence-electron chi connectivity index (χ4n) is 6.72. The van der Waals surface area contributed by atoms with Crippen molar-refractivity contribution in [2.75, 3.05) is 46.1 Å². The van der Waals surface area contributed by atoms with Gasteiger partial charge in [0.15, 0.2) is 17.3 Å². The highest BCUT2D eigenvalue weighted by Gasteiger charge is 2.35. The molecular formula is C30H34N4O6. The minimum absolute atomic E-state index is 0.0728. The number of ether oxygens (including phenoxy) is 2. The van der Waals surface area contributed by atoms with Crippen LogP contribution in [-0.4, -0.2) is 70.4 Å². The molecule has 2 aromatic heterocycles. The van der Waals surface area contributed by atoms with E-state index in [1.165, 1.54) is 11.6 Å². The summed E-state index contributed by atoms with van der Waals surface area (Å²) in [6, 6.07) is 13.0. The smallest absolute Gasteiger partial charge is 0.250 e. The maximum Gasteiger partial charge on any atom is 0.250 e. The molecule has 6 heterocycles. The summed E-state index contributed by atoms with van der Waals surface area (Å²) in [5.41, 5.74) is 1.96. The van der Waals surface area contributed by atoms with E-state index in [1.807, 2.05) is 22.8 Å². The average molecular weight is 547 g/mol.